The number of carboxylic acids is 1. The van der Waals surface area contributed by atoms with Crippen LogP contribution in [0.1, 0.15) is 30.1 Å². The first-order chi connectivity index (χ1) is 9.83. The molecule has 1 atom stereocenters. The molecule has 1 saturated carbocycles. The molecular formula is C14H17N3O4. The van der Waals surface area contributed by atoms with Crippen LogP contribution in [-0.2, 0) is 4.79 Å². The van der Waals surface area contributed by atoms with Crippen LogP contribution in [0.15, 0.2) is 24.3 Å². The molecule has 3 amide bonds. The molecule has 1 aromatic rings. The highest BCUT2D eigenvalue weighted by Gasteiger charge is 2.48. The maximum atomic E-state index is 11.9. The minimum absolute atomic E-state index is 0.0435. The Labute approximate surface area is 121 Å². The third-order valence-electron chi connectivity index (χ3n) is 3.64. The number of benzene rings is 1. The van der Waals surface area contributed by atoms with Crippen LogP contribution in [-0.4, -0.2) is 28.6 Å². The maximum Gasteiger partial charge on any atom is 0.329 e. The fourth-order valence-corrected chi connectivity index (χ4v) is 2.11. The van der Waals surface area contributed by atoms with Crippen molar-refractivity contribution < 1.29 is 19.5 Å². The van der Waals surface area contributed by atoms with Crippen LogP contribution in [0.3, 0.4) is 0 Å². The first kappa shape index (κ1) is 14.8. The van der Waals surface area contributed by atoms with Crippen molar-refractivity contribution in [3.8, 4) is 0 Å². The largest absolute Gasteiger partial charge is 0.480 e. The van der Waals surface area contributed by atoms with Gasteiger partial charge in [0, 0.05) is 11.3 Å². The van der Waals surface area contributed by atoms with Crippen molar-refractivity contribution in [2.75, 3.05) is 5.32 Å². The van der Waals surface area contributed by atoms with Crippen LogP contribution in [0.5, 0.6) is 0 Å². The summed E-state index contributed by atoms with van der Waals surface area (Å²) in [6, 6.07) is 5.41. The molecule has 1 aliphatic carbocycles. The Kier molecular flexibility index (Phi) is 3.84. The summed E-state index contributed by atoms with van der Waals surface area (Å²) in [5.41, 5.74) is 4.62. The number of carboxylic acid groups (broad SMARTS) is 1. The molecule has 5 N–H and O–H groups in total. The predicted octanol–water partition coefficient (Wildman–Crippen LogP) is 1.16. The Morgan fingerprint density at radius 1 is 1.24 bits per heavy atom. The molecule has 0 radical (unpaired) electrons. The number of urea groups is 1. The van der Waals surface area contributed by atoms with Crippen LogP contribution >= 0.6 is 0 Å². The Morgan fingerprint density at radius 3 is 2.24 bits per heavy atom. The summed E-state index contributed by atoms with van der Waals surface area (Å²) >= 11 is 0. The van der Waals surface area contributed by atoms with Crippen molar-refractivity contribution in [3.63, 3.8) is 0 Å². The topological polar surface area (TPSA) is 122 Å². The highest BCUT2D eigenvalue weighted by atomic mass is 16.4. The van der Waals surface area contributed by atoms with E-state index in [0.29, 0.717) is 11.3 Å². The average Bonchev–Trinajstić information content (AvgIpc) is 3.23. The van der Waals surface area contributed by atoms with E-state index in [4.69, 9.17) is 5.73 Å². The van der Waals surface area contributed by atoms with Gasteiger partial charge < -0.3 is 21.5 Å². The van der Waals surface area contributed by atoms with Crippen molar-refractivity contribution in [2.24, 2.45) is 11.7 Å². The van der Waals surface area contributed by atoms with E-state index >= 15 is 0 Å². The van der Waals surface area contributed by atoms with E-state index in [2.05, 4.69) is 10.6 Å². The summed E-state index contributed by atoms with van der Waals surface area (Å²) in [6.07, 6.45) is 1.58. The van der Waals surface area contributed by atoms with Crippen molar-refractivity contribution >= 4 is 23.6 Å². The second kappa shape index (κ2) is 5.43. The zero-order valence-corrected chi connectivity index (χ0v) is 11.6. The van der Waals surface area contributed by atoms with Crippen molar-refractivity contribution in [3.05, 3.63) is 29.8 Å². The number of anilines is 1. The monoisotopic (exact) mass is 291 g/mol. The number of rotatable bonds is 5. The van der Waals surface area contributed by atoms with E-state index < -0.39 is 23.4 Å². The zero-order valence-electron chi connectivity index (χ0n) is 11.6. The number of hydrogen-bond acceptors (Lipinski definition) is 3. The molecule has 0 bridgehead atoms. The highest BCUT2D eigenvalue weighted by molar-refractivity contribution is 5.96. The summed E-state index contributed by atoms with van der Waals surface area (Å²) in [4.78, 5) is 34.2. The number of carbonyl (C=O) groups excluding carboxylic acids is 2. The Hall–Kier alpha value is -2.57. The second-order valence-corrected chi connectivity index (χ2v) is 5.30. The van der Waals surface area contributed by atoms with Gasteiger partial charge in [0.15, 0.2) is 0 Å². The molecule has 0 spiro atoms. The number of primary amides is 1. The smallest absolute Gasteiger partial charge is 0.329 e. The minimum Gasteiger partial charge on any atom is -0.480 e. The van der Waals surface area contributed by atoms with Crippen LogP contribution in [0.2, 0.25) is 0 Å². The molecule has 0 heterocycles. The van der Waals surface area contributed by atoms with Gasteiger partial charge in [-0.1, -0.05) is 0 Å². The first-order valence-corrected chi connectivity index (χ1v) is 6.55. The van der Waals surface area contributed by atoms with Crippen molar-refractivity contribution in [1.29, 1.82) is 0 Å². The Balaban J connectivity index is 2.01. The molecule has 1 unspecified atom stereocenters. The van der Waals surface area contributed by atoms with Crippen molar-refractivity contribution in [1.82, 2.24) is 5.32 Å². The van der Waals surface area contributed by atoms with Gasteiger partial charge in [-0.15, -0.1) is 0 Å². The molecule has 0 aromatic heterocycles. The van der Waals surface area contributed by atoms with Gasteiger partial charge in [0.25, 0.3) is 0 Å². The van der Waals surface area contributed by atoms with Gasteiger partial charge in [-0.25, -0.2) is 9.59 Å². The van der Waals surface area contributed by atoms with E-state index in [1.807, 2.05) is 0 Å². The third kappa shape index (κ3) is 3.31. The summed E-state index contributed by atoms with van der Waals surface area (Å²) < 4.78 is 0. The molecule has 7 heteroatoms. The van der Waals surface area contributed by atoms with Gasteiger partial charge in [0.2, 0.25) is 5.91 Å². The third-order valence-corrected chi connectivity index (χ3v) is 3.64. The van der Waals surface area contributed by atoms with E-state index in [1.165, 1.54) is 31.2 Å². The second-order valence-electron chi connectivity index (χ2n) is 5.30. The fraction of sp³-hybridized carbons (Fsp3) is 0.357. The number of hydrogen-bond donors (Lipinski definition) is 4. The van der Waals surface area contributed by atoms with Gasteiger partial charge >= 0.3 is 12.0 Å². The van der Waals surface area contributed by atoms with Crippen molar-refractivity contribution in [2.45, 2.75) is 25.3 Å². The van der Waals surface area contributed by atoms with E-state index in [0.717, 1.165) is 12.8 Å². The SMILES string of the molecule is CC(NC(=O)Nc1ccc(C(N)=O)cc1)(C(=O)O)C1CC1. The number of nitrogens with two attached hydrogens (primary N) is 1. The lowest BCUT2D eigenvalue weighted by Gasteiger charge is -2.26. The molecule has 7 nitrogen and oxygen atoms in total. The number of aliphatic carboxylic acids is 1. The van der Waals surface area contributed by atoms with Crippen LogP contribution in [0.25, 0.3) is 0 Å². The zero-order chi connectivity index (χ0) is 15.6. The Morgan fingerprint density at radius 2 is 1.81 bits per heavy atom. The van der Waals surface area contributed by atoms with Crippen LogP contribution in [0, 0.1) is 5.92 Å². The van der Waals surface area contributed by atoms with E-state index in [1.54, 1.807) is 0 Å². The lowest BCUT2D eigenvalue weighted by Crippen LogP contribution is -2.55. The summed E-state index contributed by atoms with van der Waals surface area (Å²) in [6.45, 7) is 1.50. The average molecular weight is 291 g/mol. The number of nitrogens with one attached hydrogen (secondary N) is 2. The van der Waals surface area contributed by atoms with Crippen LogP contribution in [0.4, 0.5) is 10.5 Å². The van der Waals surface area contributed by atoms with E-state index in [9.17, 15) is 19.5 Å². The molecule has 0 saturated heterocycles. The van der Waals surface area contributed by atoms with Gasteiger partial charge in [-0.05, 0) is 49.9 Å². The molecule has 1 fully saturated rings. The maximum absolute atomic E-state index is 11.9. The molecule has 112 valence electrons. The normalized spacial score (nSPS) is 16.6. The summed E-state index contributed by atoms with van der Waals surface area (Å²) in [5.74, 6) is -1.65. The Bertz CT molecular complexity index is 580. The first-order valence-electron chi connectivity index (χ1n) is 6.55. The quantitative estimate of drug-likeness (QED) is 0.650. The fourth-order valence-electron chi connectivity index (χ4n) is 2.11. The van der Waals surface area contributed by atoms with Gasteiger partial charge in [-0.2, -0.15) is 0 Å². The lowest BCUT2D eigenvalue weighted by atomic mass is 9.96. The number of amides is 3. The summed E-state index contributed by atoms with van der Waals surface area (Å²) in [7, 11) is 0. The number of carbonyl (C=O) groups is 3. The van der Waals surface area contributed by atoms with Gasteiger partial charge in [-0.3, -0.25) is 4.79 Å². The standard InChI is InChI=1S/C14H17N3O4/c1-14(12(19)20,9-4-5-9)17-13(21)16-10-6-2-8(3-7-10)11(15)18/h2-3,6-7,9H,4-5H2,1H3,(H2,15,18)(H,19,20)(H2,16,17,21). The van der Waals surface area contributed by atoms with Crippen LogP contribution < -0.4 is 16.4 Å². The molecule has 21 heavy (non-hydrogen) atoms. The molecule has 1 aromatic carbocycles. The molecule has 1 aliphatic rings. The molecule has 2 rings (SSSR count). The minimum atomic E-state index is -1.27. The van der Waals surface area contributed by atoms with Gasteiger partial charge in [0.1, 0.15) is 5.54 Å². The van der Waals surface area contributed by atoms with E-state index in [-0.39, 0.29) is 5.92 Å². The predicted molar refractivity (Wildman–Crippen MR) is 75.9 cm³/mol. The highest BCUT2D eigenvalue weighted by Crippen LogP contribution is 2.39. The van der Waals surface area contributed by atoms with Gasteiger partial charge in [0.05, 0.1) is 0 Å². The molecule has 0 aliphatic heterocycles. The lowest BCUT2D eigenvalue weighted by molar-refractivity contribution is -0.144. The molecular weight excluding hydrogens is 274 g/mol. The summed E-state index contributed by atoms with van der Waals surface area (Å²) in [5, 5.41) is 14.3.